The van der Waals surface area contributed by atoms with E-state index in [1.807, 2.05) is 3.58 Å². The van der Waals surface area contributed by atoms with Crippen LogP contribution in [0, 0.1) is 6.92 Å². The van der Waals surface area contributed by atoms with Crippen LogP contribution in [-0.4, -0.2) is 36.2 Å². The Morgan fingerprint density at radius 1 is 0.862 bits per heavy atom. The zero-order chi connectivity index (χ0) is 21.5. The summed E-state index contributed by atoms with van der Waals surface area (Å²) >= 11 is -2.56. The van der Waals surface area contributed by atoms with Crippen molar-refractivity contribution in [3.8, 4) is 0 Å². The summed E-state index contributed by atoms with van der Waals surface area (Å²) in [5, 5.41) is 8.30. The Morgan fingerprint density at radius 2 is 1.34 bits per heavy atom. The number of benzene rings is 1. The summed E-state index contributed by atoms with van der Waals surface area (Å²) in [5.74, 6) is 0. The van der Waals surface area contributed by atoms with Gasteiger partial charge in [0.05, 0.1) is 0 Å². The minimum atomic E-state index is -2.56. The fourth-order valence-corrected chi connectivity index (χ4v) is 30.0. The van der Waals surface area contributed by atoms with Crippen LogP contribution in [0.1, 0.15) is 65.0 Å². The number of hydrogen-bond donors (Lipinski definition) is 0. The third-order valence-electron chi connectivity index (χ3n) is 6.87. The van der Waals surface area contributed by atoms with E-state index in [1.54, 1.807) is 10.5 Å². The molecule has 29 heavy (non-hydrogen) atoms. The van der Waals surface area contributed by atoms with Crippen LogP contribution in [0.3, 0.4) is 0 Å². The van der Waals surface area contributed by atoms with Gasteiger partial charge in [-0.2, -0.15) is 0 Å². The summed E-state index contributed by atoms with van der Waals surface area (Å²) in [5.41, 5.74) is 1.37. The quantitative estimate of drug-likeness (QED) is 0.334. The molecule has 0 saturated heterocycles. The third kappa shape index (κ3) is 5.58. The van der Waals surface area contributed by atoms with E-state index in [9.17, 15) is 0 Å². The van der Waals surface area contributed by atoms with Crippen LogP contribution in [0.2, 0.25) is 26.4 Å². The van der Waals surface area contributed by atoms with Crippen molar-refractivity contribution in [2.75, 3.05) is 0 Å². The van der Waals surface area contributed by atoms with Gasteiger partial charge in [0.1, 0.15) is 0 Å². The molecular formula is C25H44N2SiSn. The molecule has 0 aliphatic heterocycles. The van der Waals surface area contributed by atoms with E-state index in [0.29, 0.717) is 0 Å². The second-order valence-electron chi connectivity index (χ2n) is 9.51. The molecule has 1 heterocycles. The molecule has 0 aliphatic rings. The molecule has 2 rings (SSSR count). The van der Waals surface area contributed by atoms with Crippen LogP contribution >= 0.6 is 0 Å². The Balaban J connectivity index is 2.70. The molecule has 0 unspecified atom stereocenters. The van der Waals surface area contributed by atoms with Crippen molar-refractivity contribution in [1.82, 2.24) is 9.78 Å². The summed E-state index contributed by atoms with van der Waals surface area (Å²) in [7, 11) is 0.424. The van der Waals surface area contributed by atoms with E-state index in [2.05, 4.69) is 82.9 Å². The molecule has 1 aromatic heterocycles. The summed E-state index contributed by atoms with van der Waals surface area (Å²) in [6.07, 6.45) is 8.20. The van der Waals surface area contributed by atoms with Crippen molar-refractivity contribution in [2.24, 2.45) is 7.05 Å². The summed E-state index contributed by atoms with van der Waals surface area (Å²) < 4.78 is 8.69. The maximum absolute atomic E-state index is 5.10. The SMILES string of the molecule is CCC[CH2][Sn]([CH2]CCC)([CH2]CCC)[c]1c(C)nn(C)c1[Si](C)(C)c1ccccc1. The van der Waals surface area contributed by atoms with Gasteiger partial charge in [-0.15, -0.1) is 0 Å². The van der Waals surface area contributed by atoms with Crippen molar-refractivity contribution in [1.29, 1.82) is 0 Å². The van der Waals surface area contributed by atoms with Crippen molar-refractivity contribution >= 4 is 40.5 Å². The number of hydrogen-bond acceptors (Lipinski definition) is 1. The van der Waals surface area contributed by atoms with E-state index < -0.39 is 26.5 Å². The zero-order valence-corrected chi connectivity index (χ0v) is 24.0. The third-order valence-corrected chi connectivity index (χ3v) is 27.1. The molecule has 0 atom stereocenters. The number of nitrogens with zero attached hydrogens (tertiary/aromatic N) is 2. The van der Waals surface area contributed by atoms with Gasteiger partial charge in [0, 0.05) is 0 Å². The number of rotatable bonds is 12. The average molecular weight is 519 g/mol. The Bertz CT molecular complexity index is 730. The fourth-order valence-electron chi connectivity index (χ4n) is 5.30. The van der Waals surface area contributed by atoms with Crippen molar-refractivity contribution in [3.05, 3.63) is 36.0 Å². The molecule has 1 aromatic carbocycles. The molecule has 0 N–H and O–H groups in total. The summed E-state index contributed by atoms with van der Waals surface area (Å²) in [6.45, 7) is 14.5. The Hall–Kier alpha value is -0.554. The van der Waals surface area contributed by atoms with E-state index >= 15 is 0 Å². The van der Waals surface area contributed by atoms with Gasteiger partial charge in [0.25, 0.3) is 0 Å². The maximum atomic E-state index is 5.10. The second-order valence-corrected chi connectivity index (χ2v) is 26.8. The molecule has 0 spiro atoms. The molecule has 0 saturated carbocycles. The van der Waals surface area contributed by atoms with Crippen molar-refractivity contribution < 1.29 is 0 Å². The van der Waals surface area contributed by atoms with Crippen LogP contribution in [0.15, 0.2) is 30.3 Å². The van der Waals surface area contributed by atoms with Crippen LogP contribution in [0.25, 0.3) is 0 Å². The van der Waals surface area contributed by atoms with Gasteiger partial charge in [-0.1, -0.05) is 0 Å². The monoisotopic (exact) mass is 520 g/mol. The molecule has 4 heteroatoms. The molecular weight excluding hydrogens is 475 g/mol. The van der Waals surface area contributed by atoms with Crippen LogP contribution in [-0.2, 0) is 7.05 Å². The molecule has 0 fully saturated rings. The molecule has 2 aromatic rings. The van der Waals surface area contributed by atoms with E-state index in [4.69, 9.17) is 5.10 Å². The molecule has 2 nitrogen and oxygen atoms in total. The average Bonchev–Trinajstić information content (AvgIpc) is 3.03. The topological polar surface area (TPSA) is 17.8 Å². The van der Waals surface area contributed by atoms with Gasteiger partial charge < -0.3 is 0 Å². The van der Waals surface area contributed by atoms with Gasteiger partial charge >= 0.3 is 186 Å². The molecule has 0 radical (unpaired) electrons. The van der Waals surface area contributed by atoms with Crippen molar-refractivity contribution in [2.45, 2.75) is 92.6 Å². The van der Waals surface area contributed by atoms with Crippen LogP contribution < -0.4 is 14.1 Å². The first-order chi connectivity index (χ1) is 13.8. The first kappa shape index (κ1) is 24.7. The first-order valence-corrected chi connectivity index (χ1v) is 22.4. The van der Waals surface area contributed by atoms with E-state index in [-0.39, 0.29) is 0 Å². The normalized spacial score (nSPS) is 12.5. The minimum absolute atomic E-state index is 1.32. The zero-order valence-electron chi connectivity index (χ0n) is 20.1. The summed E-state index contributed by atoms with van der Waals surface area (Å²) in [6, 6.07) is 11.3. The van der Waals surface area contributed by atoms with Crippen molar-refractivity contribution in [3.63, 3.8) is 0 Å². The number of aromatic nitrogens is 2. The number of unbranched alkanes of at least 4 members (excludes halogenated alkanes) is 3. The molecule has 0 amide bonds. The second kappa shape index (κ2) is 11.2. The first-order valence-electron chi connectivity index (χ1n) is 11.9. The molecule has 0 bridgehead atoms. The standard InChI is InChI=1S/C13H17N2Si.3C4H9.Sn/c1-11-10-13(15(2)14-11)16(3,4)12-8-6-5-7-9-12;3*1-3-4-2;/h5-9H,1-4H3;3*1,3-4H2,2H3;. The molecule has 0 aliphatic carbocycles. The van der Waals surface area contributed by atoms with Gasteiger partial charge in [-0.05, 0) is 0 Å². The van der Waals surface area contributed by atoms with Crippen LogP contribution in [0.4, 0.5) is 0 Å². The van der Waals surface area contributed by atoms with Gasteiger partial charge in [-0.3, -0.25) is 0 Å². The number of aryl methyl sites for hydroxylation is 2. The Labute approximate surface area is 185 Å². The van der Waals surface area contributed by atoms with Gasteiger partial charge in [0.15, 0.2) is 0 Å². The Morgan fingerprint density at radius 3 is 1.79 bits per heavy atom. The predicted octanol–water partition coefficient (Wildman–Crippen LogP) is 5.61. The predicted molar refractivity (Wildman–Crippen MR) is 136 cm³/mol. The fraction of sp³-hybridized carbons (Fsp3) is 0.640. The molecule has 162 valence electrons. The van der Waals surface area contributed by atoms with Gasteiger partial charge in [0.2, 0.25) is 0 Å². The van der Waals surface area contributed by atoms with E-state index in [1.165, 1.54) is 57.5 Å². The Kier molecular flexibility index (Phi) is 9.52. The van der Waals surface area contributed by atoms with Gasteiger partial charge in [-0.25, -0.2) is 0 Å². The van der Waals surface area contributed by atoms with Crippen LogP contribution in [0.5, 0.6) is 0 Å². The van der Waals surface area contributed by atoms with E-state index in [0.717, 1.165) is 0 Å². The summed E-state index contributed by atoms with van der Waals surface area (Å²) in [4.78, 5) is 0.